The van der Waals surface area contributed by atoms with E-state index < -0.39 is 0 Å². The van der Waals surface area contributed by atoms with Gasteiger partial charge in [0, 0.05) is 10.9 Å². The van der Waals surface area contributed by atoms with E-state index in [-0.39, 0.29) is 0 Å². The Balaban J connectivity index is 1.72. The minimum Gasteiger partial charge on any atom is -0.305 e. The molecule has 0 spiro atoms. The Morgan fingerprint density at radius 2 is 2.22 bits per heavy atom. The maximum Gasteiger partial charge on any atom is 0.110 e. The minimum atomic E-state index is 0.514. The van der Waals surface area contributed by atoms with Crippen molar-refractivity contribution in [3.8, 4) is 0 Å². The summed E-state index contributed by atoms with van der Waals surface area (Å²) in [5, 5.41) is 5.15. The molecule has 2 nitrogen and oxygen atoms in total. The molecule has 1 heterocycles. The molecule has 4 heteroatoms. The molecule has 2 aliphatic rings. The van der Waals surface area contributed by atoms with Crippen molar-refractivity contribution >= 4 is 23.1 Å². The molecule has 2 aliphatic carbocycles. The van der Waals surface area contributed by atoms with Gasteiger partial charge < -0.3 is 5.32 Å². The van der Waals surface area contributed by atoms with Crippen molar-refractivity contribution in [1.29, 1.82) is 0 Å². The van der Waals surface area contributed by atoms with Gasteiger partial charge in [-0.2, -0.15) is 11.8 Å². The number of aromatic nitrogens is 1. The number of rotatable bonds is 6. The summed E-state index contributed by atoms with van der Waals surface area (Å²) in [6.07, 6.45) is 11.3. The number of hydrogen-bond donors (Lipinski definition) is 1. The predicted octanol–water partition coefficient (Wildman–Crippen LogP) is 3.57. The van der Waals surface area contributed by atoms with E-state index in [2.05, 4.69) is 11.6 Å². The van der Waals surface area contributed by atoms with Crippen LogP contribution in [-0.2, 0) is 12.8 Å². The highest BCUT2D eigenvalue weighted by Gasteiger charge is 2.27. The first kappa shape index (κ1) is 12.9. The molecule has 0 saturated heterocycles. The van der Waals surface area contributed by atoms with E-state index in [9.17, 15) is 0 Å². The molecule has 1 fully saturated rings. The first-order valence-corrected chi connectivity index (χ1v) is 9.31. The van der Waals surface area contributed by atoms with Gasteiger partial charge in [-0.1, -0.05) is 0 Å². The van der Waals surface area contributed by atoms with Crippen molar-refractivity contribution in [2.45, 2.75) is 57.0 Å². The van der Waals surface area contributed by atoms with Crippen molar-refractivity contribution < 1.29 is 0 Å². The van der Waals surface area contributed by atoms with Crippen molar-refractivity contribution in [2.75, 3.05) is 12.0 Å². The number of nitrogens with one attached hydrogen (secondary N) is 1. The van der Waals surface area contributed by atoms with E-state index in [0.29, 0.717) is 6.04 Å². The lowest BCUT2D eigenvalue weighted by Crippen LogP contribution is -2.24. The third kappa shape index (κ3) is 3.09. The van der Waals surface area contributed by atoms with Crippen LogP contribution in [0.25, 0.3) is 0 Å². The summed E-state index contributed by atoms with van der Waals surface area (Å²) in [4.78, 5) is 6.50. The maximum absolute atomic E-state index is 4.93. The third-order valence-corrected chi connectivity index (χ3v) is 5.70. The Labute approximate surface area is 118 Å². The third-order valence-electron chi connectivity index (χ3n) is 3.79. The smallest absolute Gasteiger partial charge is 0.110 e. The molecule has 0 amide bonds. The molecule has 0 radical (unpaired) electrons. The number of thiazole rings is 1. The molecular formula is C14H22N2S2. The van der Waals surface area contributed by atoms with Gasteiger partial charge in [-0.15, -0.1) is 11.3 Å². The number of thioether (sulfide) groups is 1. The van der Waals surface area contributed by atoms with Crippen molar-refractivity contribution in [3.05, 3.63) is 15.6 Å². The Kier molecular flexibility index (Phi) is 4.27. The fraction of sp³-hybridized carbons (Fsp3) is 0.786. The van der Waals surface area contributed by atoms with Crippen molar-refractivity contribution in [2.24, 2.45) is 0 Å². The standard InChI is InChI=1S/C14H22N2S2/c1-17-9-8-12(15-10-6-7-10)14-16-11-4-2-3-5-13(11)18-14/h10,12,15H,2-9H2,1H3. The molecule has 1 aromatic heterocycles. The van der Waals surface area contributed by atoms with E-state index in [1.165, 1.54) is 61.4 Å². The van der Waals surface area contributed by atoms with Gasteiger partial charge in [0.1, 0.15) is 5.01 Å². The monoisotopic (exact) mass is 282 g/mol. The molecule has 1 aromatic rings. The van der Waals surface area contributed by atoms with Crippen LogP contribution in [0.4, 0.5) is 0 Å². The summed E-state index contributed by atoms with van der Waals surface area (Å²) in [5.74, 6) is 1.23. The molecule has 1 saturated carbocycles. The number of fused-ring (bicyclic) bond motifs is 1. The highest BCUT2D eigenvalue weighted by Crippen LogP contribution is 2.33. The Hall–Kier alpha value is -0.0600. The fourth-order valence-corrected chi connectivity index (χ4v) is 4.29. The summed E-state index contributed by atoms with van der Waals surface area (Å²) in [6, 6.07) is 1.29. The lowest BCUT2D eigenvalue weighted by atomic mass is 10.0. The molecule has 1 N–H and O–H groups in total. The van der Waals surface area contributed by atoms with Crippen LogP contribution >= 0.6 is 23.1 Å². The second kappa shape index (κ2) is 5.93. The Morgan fingerprint density at radius 1 is 1.39 bits per heavy atom. The zero-order valence-electron chi connectivity index (χ0n) is 11.1. The van der Waals surface area contributed by atoms with E-state index in [0.717, 1.165) is 6.04 Å². The van der Waals surface area contributed by atoms with Gasteiger partial charge in [0.05, 0.1) is 11.7 Å². The Bertz CT molecular complexity index is 375. The summed E-state index contributed by atoms with van der Waals surface area (Å²) < 4.78 is 0. The fourth-order valence-electron chi connectivity index (χ4n) is 2.57. The molecule has 1 unspecified atom stereocenters. The van der Waals surface area contributed by atoms with Crippen molar-refractivity contribution in [1.82, 2.24) is 10.3 Å². The van der Waals surface area contributed by atoms with Crippen LogP contribution in [0, 0.1) is 0 Å². The topological polar surface area (TPSA) is 24.9 Å². The van der Waals surface area contributed by atoms with Crippen LogP contribution in [0.15, 0.2) is 0 Å². The highest BCUT2D eigenvalue weighted by molar-refractivity contribution is 7.98. The first-order valence-electron chi connectivity index (χ1n) is 7.10. The van der Waals surface area contributed by atoms with E-state index in [1.807, 2.05) is 23.1 Å². The van der Waals surface area contributed by atoms with Gasteiger partial charge in [0.15, 0.2) is 0 Å². The lowest BCUT2D eigenvalue weighted by Gasteiger charge is -2.15. The number of nitrogens with zero attached hydrogens (tertiary/aromatic N) is 1. The van der Waals surface area contributed by atoms with Crippen LogP contribution < -0.4 is 5.32 Å². The quantitative estimate of drug-likeness (QED) is 0.863. The van der Waals surface area contributed by atoms with E-state index in [4.69, 9.17) is 4.98 Å². The summed E-state index contributed by atoms with van der Waals surface area (Å²) >= 11 is 3.92. The predicted molar refractivity (Wildman–Crippen MR) is 80.7 cm³/mol. The maximum atomic E-state index is 4.93. The highest BCUT2D eigenvalue weighted by atomic mass is 32.2. The van der Waals surface area contributed by atoms with Gasteiger partial charge >= 0.3 is 0 Å². The molecule has 3 rings (SSSR count). The average molecular weight is 282 g/mol. The SMILES string of the molecule is CSCCC(NC1CC1)c1nc2c(s1)CCCC2. The summed E-state index contributed by atoms with van der Waals surface area (Å²) in [7, 11) is 0. The zero-order valence-corrected chi connectivity index (χ0v) is 12.7. The van der Waals surface area contributed by atoms with E-state index in [1.54, 1.807) is 4.88 Å². The lowest BCUT2D eigenvalue weighted by molar-refractivity contribution is 0.515. The van der Waals surface area contributed by atoms with Crippen LogP contribution in [0.1, 0.15) is 53.7 Å². The van der Waals surface area contributed by atoms with Gasteiger partial charge in [-0.05, 0) is 57.0 Å². The number of hydrogen-bond acceptors (Lipinski definition) is 4. The second-order valence-electron chi connectivity index (χ2n) is 5.40. The van der Waals surface area contributed by atoms with Gasteiger partial charge in [0.25, 0.3) is 0 Å². The molecular weight excluding hydrogens is 260 g/mol. The van der Waals surface area contributed by atoms with Gasteiger partial charge in [-0.25, -0.2) is 4.98 Å². The minimum absolute atomic E-state index is 0.514. The molecule has 0 aliphatic heterocycles. The van der Waals surface area contributed by atoms with Gasteiger partial charge in [-0.3, -0.25) is 0 Å². The molecule has 0 bridgehead atoms. The molecule has 100 valence electrons. The summed E-state index contributed by atoms with van der Waals surface area (Å²) in [6.45, 7) is 0. The first-order chi connectivity index (χ1) is 8.86. The van der Waals surface area contributed by atoms with Crippen LogP contribution in [0.2, 0.25) is 0 Å². The molecule has 1 atom stereocenters. The van der Waals surface area contributed by atoms with Gasteiger partial charge in [0.2, 0.25) is 0 Å². The van der Waals surface area contributed by atoms with Crippen LogP contribution in [0.5, 0.6) is 0 Å². The van der Waals surface area contributed by atoms with E-state index >= 15 is 0 Å². The van der Waals surface area contributed by atoms with Crippen molar-refractivity contribution in [3.63, 3.8) is 0 Å². The number of aryl methyl sites for hydroxylation is 2. The Morgan fingerprint density at radius 3 is 2.94 bits per heavy atom. The van der Waals surface area contributed by atoms with Crippen LogP contribution in [-0.4, -0.2) is 23.0 Å². The van der Waals surface area contributed by atoms with Crippen LogP contribution in [0.3, 0.4) is 0 Å². The molecule has 0 aromatic carbocycles. The average Bonchev–Trinajstić information content (AvgIpc) is 3.10. The normalized spacial score (nSPS) is 20.7. The second-order valence-corrected chi connectivity index (χ2v) is 7.50. The summed E-state index contributed by atoms with van der Waals surface area (Å²) in [5.41, 5.74) is 1.41. The molecule has 18 heavy (non-hydrogen) atoms. The zero-order chi connectivity index (χ0) is 12.4. The largest absolute Gasteiger partial charge is 0.305 e.